The van der Waals surface area contributed by atoms with Crippen molar-refractivity contribution < 1.29 is 9.47 Å². The van der Waals surface area contributed by atoms with Crippen molar-refractivity contribution in [3.63, 3.8) is 0 Å². The quantitative estimate of drug-likeness (QED) is 0.594. The Morgan fingerprint density at radius 1 is 1.00 bits per heavy atom. The fraction of sp³-hybridized carbons (Fsp3) is 0.118. The van der Waals surface area contributed by atoms with E-state index in [1.807, 2.05) is 12.1 Å². The molecule has 9 heteroatoms. The molecule has 4 aromatic rings. The molecule has 0 aliphatic carbocycles. The van der Waals surface area contributed by atoms with Crippen LogP contribution in [-0.4, -0.2) is 43.9 Å². The lowest BCUT2D eigenvalue weighted by molar-refractivity contribution is 0.355. The Morgan fingerprint density at radius 2 is 1.73 bits per heavy atom. The van der Waals surface area contributed by atoms with E-state index >= 15 is 0 Å². The fourth-order valence-corrected chi connectivity index (χ4v) is 2.64. The predicted octanol–water partition coefficient (Wildman–Crippen LogP) is 1.87. The van der Waals surface area contributed by atoms with Gasteiger partial charge in [-0.2, -0.15) is 9.67 Å². The van der Waals surface area contributed by atoms with Crippen LogP contribution < -0.4 is 15.2 Å². The lowest BCUT2D eigenvalue weighted by atomic mass is 10.2. The Kier molecular flexibility index (Phi) is 3.81. The standard InChI is InChI=1S/C17H15N7O2/c1-25-13-7-11-12(8-14(13)26-2)20-9-21-16(11)24-17(18)22-15(23-24)10-3-5-19-6-4-10/h3-9H,1-2H3,(H2,18,22,23). The van der Waals surface area contributed by atoms with Crippen LogP contribution in [0, 0.1) is 0 Å². The molecule has 3 heterocycles. The van der Waals surface area contributed by atoms with Crippen molar-refractivity contribution >= 4 is 16.9 Å². The van der Waals surface area contributed by atoms with Gasteiger partial charge in [-0.1, -0.05) is 0 Å². The zero-order valence-corrected chi connectivity index (χ0v) is 14.1. The summed E-state index contributed by atoms with van der Waals surface area (Å²) >= 11 is 0. The Hall–Kier alpha value is -3.75. The summed E-state index contributed by atoms with van der Waals surface area (Å²) < 4.78 is 12.2. The van der Waals surface area contributed by atoms with Crippen LogP contribution in [-0.2, 0) is 0 Å². The number of rotatable bonds is 4. The number of nitrogen functional groups attached to an aromatic ring is 1. The number of ether oxygens (including phenoxy) is 2. The van der Waals surface area contributed by atoms with Crippen molar-refractivity contribution in [2.45, 2.75) is 0 Å². The highest BCUT2D eigenvalue weighted by atomic mass is 16.5. The first-order chi connectivity index (χ1) is 12.7. The molecule has 3 aromatic heterocycles. The van der Waals surface area contributed by atoms with Crippen molar-refractivity contribution in [3.05, 3.63) is 43.0 Å². The van der Waals surface area contributed by atoms with Gasteiger partial charge in [-0.3, -0.25) is 4.98 Å². The lowest BCUT2D eigenvalue weighted by Crippen LogP contribution is -2.06. The number of nitrogens with two attached hydrogens (primary N) is 1. The minimum Gasteiger partial charge on any atom is -0.493 e. The van der Waals surface area contributed by atoms with E-state index in [0.29, 0.717) is 34.0 Å². The Morgan fingerprint density at radius 3 is 2.46 bits per heavy atom. The normalized spacial score (nSPS) is 10.8. The molecule has 0 spiro atoms. The van der Waals surface area contributed by atoms with Crippen molar-refractivity contribution in [2.75, 3.05) is 20.0 Å². The van der Waals surface area contributed by atoms with Gasteiger partial charge in [-0.05, 0) is 18.2 Å². The monoisotopic (exact) mass is 349 g/mol. The second-order valence-electron chi connectivity index (χ2n) is 5.36. The summed E-state index contributed by atoms with van der Waals surface area (Å²) in [5.74, 6) is 2.34. The van der Waals surface area contributed by atoms with Crippen LogP contribution in [0.25, 0.3) is 28.1 Å². The second kappa shape index (κ2) is 6.28. The molecular formula is C17H15N7O2. The van der Waals surface area contributed by atoms with Crippen molar-refractivity contribution in [3.8, 4) is 28.7 Å². The van der Waals surface area contributed by atoms with E-state index in [4.69, 9.17) is 15.2 Å². The molecule has 9 nitrogen and oxygen atoms in total. The van der Waals surface area contributed by atoms with Crippen LogP contribution in [0.5, 0.6) is 11.5 Å². The molecule has 26 heavy (non-hydrogen) atoms. The third kappa shape index (κ3) is 2.55. The molecule has 0 atom stereocenters. The van der Waals surface area contributed by atoms with E-state index in [1.165, 1.54) is 11.0 Å². The SMILES string of the molecule is COc1cc2ncnc(-n3nc(-c4ccncc4)nc3N)c2cc1OC. The predicted molar refractivity (Wildman–Crippen MR) is 95.2 cm³/mol. The van der Waals surface area contributed by atoms with Crippen LogP contribution >= 0.6 is 0 Å². The number of hydrogen-bond acceptors (Lipinski definition) is 8. The maximum absolute atomic E-state index is 6.09. The van der Waals surface area contributed by atoms with Gasteiger partial charge in [0.1, 0.15) is 6.33 Å². The highest BCUT2D eigenvalue weighted by Crippen LogP contribution is 2.33. The third-order valence-electron chi connectivity index (χ3n) is 3.89. The first kappa shape index (κ1) is 15.8. The van der Waals surface area contributed by atoms with Gasteiger partial charge in [0, 0.05) is 29.4 Å². The summed E-state index contributed by atoms with van der Waals surface area (Å²) in [5.41, 5.74) is 7.57. The molecule has 1 aromatic carbocycles. The summed E-state index contributed by atoms with van der Waals surface area (Å²) in [5, 5.41) is 5.20. The van der Waals surface area contributed by atoms with Gasteiger partial charge in [-0.15, -0.1) is 5.10 Å². The molecule has 0 radical (unpaired) electrons. The number of fused-ring (bicyclic) bond motifs is 1. The molecule has 4 rings (SSSR count). The zero-order valence-electron chi connectivity index (χ0n) is 14.1. The molecule has 0 saturated heterocycles. The minimum absolute atomic E-state index is 0.214. The number of methoxy groups -OCH3 is 2. The topological polar surface area (TPSA) is 114 Å². The maximum Gasteiger partial charge on any atom is 0.225 e. The molecule has 0 aliphatic heterocycles. The summed E-state index contributed by atoms with van der Waals surface area (Å²) in [4.78, 5) is 16.9. The van der Waals surface area contributed by atoms with Crippen LogP contribution in [0.4, 0.5) is 5.95 Å². The van der Waals surface area contributed by atoms with Gasteiger partial charge in [0.15, 0.2) is 23.1 Å². The van der Waals surface area contributed by atoms with Crippen LogP contribution in [0.15, 0.2) is 43.0 Å². The third-order valence-corrected chi connectivity index (χ3v) is 3.89. The first-order valence-corrected chi connectivity index (χ1v) is 7.71. The van der Waals surface area contributed by atoms with E-state index in [0.717, 1.165) is 5.56 Å². The minimum atomic E-state index is 0.214. The summed E-state index contributed by atoms with van der Waals surface area (Å²) in [6.07, 6.45) is 4.78. The molecular weight excluding hydrogens is 334 g/mol. The van der Waals surface area contributed by atoms with E-state index in [1.54, 1.807) is 38.7 Å². The fourth-order valence-electron chi connectivity index (χ4n) is 2.64. The highest BCUT2D eigenvalue weighted by molar-refractivity contribution is 5.88. The van der Waals surface area contributed by atoms with Crippen LogP contribution in [0.3, 0.4) is 0 Å². The van der Waals surface area contributed by atoms with Crippen molar-refractivity contribution in [2.24, 2.45) is 0 Å². The molecule has 0 fully saturated rings. The molecule has 0 amide bonds. The number of anilines is 1. The number of nitrogens with zero attached hydrogens (tertiary/aromatic N) is 6. The smallest absolute Gasteiger partial charge is 0.225 e. The van der Waals surface area contributed by atoms with Gasteiger partial charge >= 0.3 is 0 Å². The molecule has 0 saturated carbocycles. The number of hydrogen-bond donors (Lipinski definition) is 1. The zero-order chi connectivity index (χ0) is 18.1. The number of aromatic nitrogens is 6. The Balaban J connectivity index is 1.91. The lowest BCUT2D eigenvalue weighted by Gasteiger charge is -2.11. The van der Waals surface area contributed by atoms with Crippen LogP contribution in [0.2, 0.25) is 0 Å². The average molecular weight is 349 g/mol. The van der Waals surface area contributed by atoms with E-state index < -0.39 is 0 Å². The maximum atomic E-state index is 6.09. The molecule has 130 valence electrons. The summed E-state index contributed by atoms with van der Waals surface area (Å²) in [6, 6.07) is 7.18. The van der Waals surface area contributed by atoms with Gasteiger partial charge in [0.05, 0.1) is 19.7 Å². The van der Waals surface area contributed by atoms with Crippen molar-refractivity contribution in [1.82, 2.24) is 29.7 Å². The molecule has 0 aliphatic rings. The van der Waals surface area contributed by atoms with E-state index in [2.05, 4.69) is 25.0 Å². The summed E-state index contributed by atoms with van der Waals surface area (Å²) in [7, 11) is 3.14. The highest BCUT2D eigenvalue weighted by Gasteiger charge is 2.16. The van der Waals surface area contributed by atoms with Gasteiger partial charge < -0.3 is 15.2 Å². The van der Waals surface area contributed by atoms with Crippen LogP contribution in [0.1, 0.15) is 0 Å². The van der Waals surface area contributed by atoms with Gasteiger partial charge in [-0.25, -0.2) is 9.97 Å². The van der Waals surface area contributed by atoms with E-state index in [9.17, 15) is 0 Å². The van der Waals surface area contributed by atoms with Gasteiger partial charge in [0.25, 0.3) is 0 Å². The first-order valence-electron chi connectivity index (χ1n) is 7.71. The number of pyridine rings is 1. The molecule has 2 N–H and O–H groups in total. The van der Waals surface area contributed by atoms with Crippen molar-refractivity contribution in [1.29, 1.82) is 0 Å². The molecule has 0 unspecified atom stereocenters. The van der Waals surface area contributed by atoms with E-state index in [-0.39, 0.29) is 5.95 Å². The Bertz CT molecular complexity index is 1080. The average Bonchev–Trinajstić information content (AvgIpc) is 3.08. The Labute approximate surface area is 148 Å². The summed E-state index contributed by atoms with van der Waals surface area (Å²) in [6.45, 7) is 0. The van der Waals surface area contributed by atoms with Gasteiger partial charge in [0.2, 0.25) is 5.95 Å². The second-order valence-corrected chi connectivity index (χ2v) is 5.36. The number of benzene rings is 1. The largest absolute Gasteiger partial charge is 0.493 e. The molecule has 0 bridgehead atoms.